The molecular weight excluding hydrogens is 234 g/mol. The monoisotopic (exact) mass is 255 g/mol. The average Bonchev–Trinajstić information content (AvgIpc) is 2.82. The van der Waals surface area contributed by atoms with Crippen molar-refractivity contribution < 1.29 is 14.3 Å². The van der Waals surface area contributed by atoms with Gasteiger partial charge in [-0.15, -0.1) is 0 Å². The highest BCUT2D eigenvalue weighted by Crippen LogP contribution is 2.17. The molecule has 1 aliphatic heterocycles. The number of carbonyl (C=O) groups is 2. The molecule has 1 saturated carbocycles. The zero-order valence-electron chi connectivity index (χ0n) is 10.6. The summed E-state index contributed by atoms with van der Waals surface area (Å²) in [7, 11) is 0. The fraction of sp³-hybridized carbons (Fsp3) is 0.833. The minimum Gasteiger partial charge on any atom is -0.379 e. The van der Waals surface area contributed by atoms with Crippen LogP contribution in [0, 0.1) is 0 Å². The molecule has 6 heteroatoms. The molecule has 6 nitrogen and oxygen atoms in total. The Morgan fingerprint density at radius 2 is 1.83 bits per heavy atom. The quantitative estimate of drug-likeness (QED) is 0.749. The number of urea groups is 1. The van der Waals surface area contributed by atoms with Gasteiger partial charge in [-0.05, 0) is 12.8 Å². The molecule has 1 aliphatic carbocycles. The van der Waals surface area contributed by atoms with Gasteiger partial charge in [-0.3, -0.25) is 15.0 Å². The van der Waals surface area contributed by atoms with E-state index in [4.69, 9.17) is 4.74 Å². The Bertz CT molecular complexity index is 297. The van der Waals surface area contributed by atoms with Gasteiger partial charge in [0.2, 0.25) is 5.91 Å². The lowest BCUT2D eigenvalue weighted by Gasteiger charge is -2.25. The fourth-order valence-corrected chi connectivity index (χ4v) is 2.42. The van der Waals surface area contributed by atoms with E-state index >= 15 is 0 Å². The summed E-state index contributed by atoms with van der Waals surface area (Å²) >= 11 is 0. The maximum Gasteiger partial charge on any atom is 0.321 e. The molecular formula is C12H21N3O3. The smallest absolute Gasteiger partial charge is 0.321 e. The van der Waals surface area contributed by atoms with Crippen molar-refractivity contribution in [2.45, 2.75) is 31.7 Å². The van der Waals surface area contributed by atoms with E-state index in [-0.39, 0.29) is 24.5 Å². The van der Waals surface area contributed by atoms with Crippen molar-refractivity contribution in [3.8, 4) is 0 Å². The Kier molecular flexibility index (Phi) is 4.95. The zero-order chi connectivity index (χ0) is 12.8. The Hall–Kier alpha value is -1.14. The molecule has 0 unspecified atom stereocenters. The van der Waals surface area contributed by atoms with Gasteiger partial charge in [0.1, 0.15) is 0 Å². The van der Waals surface area contributed by atoms with Crippen LogP contribution in [0.25, 0.3) is 0 Å². The molecule has 0 radical (unpaired) electrons. The summed E-state index contributed by atoms with van der Waals surface area (Å²) in [6, 6.07) is -0.124. The molecule has 0 atom stereocenters. The minimum absolute atomic E-state index is 0.237. The first-order chi connectivity index (χ1) is 8.74. The third-order valence-corrected chi connectivity index (χ3v) is 3.41. The summed E-state index contributed by atoms with van der Waals surface area (Å²) < 4.78 is 5.20. The molecule has 18 heavy (non-hydrogen) atoms. The van der Waals surface area contributed by atoms with E-state index in [1.54, 1.807) is 0 Å². The summed E-state index contributed by atoms with van der Waals surface area (Å²) in [5, 5.41) is 5.22. The van der Waals surface area contributed by atoms with Crippen molar-refractivity contribution in [1.82, 2.24) is 15.5 Å². The van der Waals surface area contributed by atoms with Crippen molar-refractivity contribution in [3.63, 3.8) is 0 Å². The van der Waals surface area contributed by atoms with E-state index in [1.807, 2.05) is 4.90 Å². The number of hydrogen-bond acceptors (Lipinski definition) is 4. The maximum absolute atomic E-state index is 11.6. The van der Waals surface area contributed by atoms with Crippen molar-refractivity contribution in [2.75, 3.05) is 32.8 Å². The van der Waals surface area contributed by atoms with Crippen LogP contribution < -0.4 is 10.6 Å². The Balaban J connectivity index is 1.64. The summed E-state index contributed by atoms with van der Waals surface area (Å²) in [6.45, 7) is 3.07. The first kappa shape index (κ1) is 13.3. The normalized spacial score (nSPS) is 21.8. The Morgan fingerprint density at radius 1 is 1.17 bits per heavy atom. The van der Waals surface area contributed by atoms with Crippen molar-refractivity contribution in [1.29, 1.82) is 0 Å². The lowest BCUT2D eigenvalue weighted by atomic mass is 10.2. The van der Waals surface area contributed by atoms with Crippen LogP contribution in [0.5, 0.6) is 0 Å². The fourth-order valence-electron chi connectivity index (χ4n) is 2.42. The summed E-state index contributed by atoms with van der Waals surface area (Å²) in [5.74, 6) is -0.243. The Morgan fingerprint density at radius 3 is 2.50 bits per heavy atom. The molecule has 2 fully saturated rings. The second-order valence-corrected chi connectivity index (χ2v) is 4.89. The molecule has 0 spiro atoms. The molecule has 0 aromatic heterocycles. The van der Waals surface area contributed by atoms with E-state index in [0.29, 0.717) is 13.2 Å². The van der Waals surface area contributed by atoms with E-state index < -0.39 is 0 Å². The van der Waals surface area contributed by atoms with E-state index in [2.05, 4.69) is 10.6 Å². The molecule has 2 rings (SSSR count). The van der Waals surface area contributed by atoms with Crippen molar-refractivity contribution >= 4 is 11.9 Å². The SMILES string of the molecule is O=C(CN1CCOCC1)NC(=O)NC1CCCC1. The van der Waals surface area contributed by atoms with E-state index in [1.165, 1.54) is 0 Å². The number of morpholine rings is 1. The number of rotatable bonds is 3. The average molecular weight is 255 g/mol. The van der Waals surface area contributed by atoms with Gasteiger partial charge in [-0.2, -0.15) is 0 Å². The second-order valence-electron chi connectivity index (χ2n) is 4.89. The van der Waals surface area contributed by atoms with Crippen LogP contribution >= 0.6 is 0 Å². The van der Waals surface area contributed by atoms with Gasteiger partial charge in [0.25, 0.3) is 0 Å². The van der Waals surface area contributed by atoms with Crippen LogP contribution in [0.4, 0.5) is 4.79 Å². The van der Waals surface area contributed by atoms with Gasteiger partial charge < -0.3 is 10.1 Å². The van der Waals surface area contributed by atoms with Crippen LogP contribution in [-0.2, 0) is 9.53 Å². The molecule has 2 N–H and O–H groups in total. The summed E-state index contributed by atoms with van der Waals surface area (Å²) in [6.07, 6.45) is 4.36. The van der Waals surface area contributed by atoms with Crippen molar-refractivity contribution in [3.05, 3.63) is 0 Å². The van der Waals surface area contributed by atoms with Gasteiger partial charge in [0.05, 0.1) is 19.8 Å². The van der Waals surface area contributed by atoms with Crippen LogP contribution in [0.15, 0.2) is 0 Å². The molecule has 2 aliphatic rings. The molecule has 0 aromatic rings. The van der Waals surface area contributed by atoms with E-state index in [0.717, 1.165) is 38.8 Å². The summed E-state index contributed by atoms with van der Waals surface area (Å²) in [4.78, 5) is 25.2. The van der Waals surface area contributed by atoms with Crippen LogP contribution in [-0.4, -0.2) is 55.7 Å². The third kappa shape index (κ3) is 4.27. The molecule has 102 valence electrons. The highest BCUT2D eigenvalue weighted by molar-refractivity contribution is 5.95. The van der Waals surface area contributed by atoms with Crippen LogP contribution in [0.3, 0.4) is 0 Å². The number of nitrogens with one attached hydrogen (secondary N) is 2. The number of hydrogen-bond donors (Lipinski definition) is 2. The number of carbonyl (C=O) groups excluding carboxylic acids is 2. The van der Waals surface area contributed by atoms with Gasteiger partial charge in [-0.25, -0.2) is 4.79 Å². The zero-order valence-corrected chi connectivity index (χ0v) is 10.6. The molecule has 3 amide bonds. The van der Waals surface area contributed by atoms with Gasteiger partial charge >= 0.3 is 6.03 Å². The summed E-state index contributed by atoms with van der Waals surface area (Å²) in [5.41, 5.74) is 0. The standard InChI is InChI=1S/C12H21N3O3/c16-11(9-15-5-7-18-8-6-15)14-12(17)13-10-3-1-2-4-10/h10H,1-9H2,(H2,13,14,16,17). The van der Waals surface area contributed by atoms with Crippen LogP contribution in [0.2, 0.25) is 0 Å². The largest absolute Gasteiger partial charge is 0.379 e. The first-order valence-electron chi connectivity index (χ1n) is 6.64. The van der Waals surface area contributed by atoms with Crippen molar-refractivity contribution in [2.24, 2.45) is 0 Å². The predicted octanol–water partition coefficient (Wildman–Crippen LogP) is 0.0870. The lowest BCUT2D eigenvalue weighted by Crippen LogP contribution is -2.48. The lowest BCUT2D eigenvalue weighted by molar-refractivity contribution is -0.122. The molecule has 1 heterocycles. The molecule has 0 bridgehead atoms. The second kappa shape index (κ2) is 6.70. The minimum atomic E-state index is -0.361. The maximum atomic E-state index is 11.6. The van der Waals surface area contributed by atoms with Gasteiger partial charge in [0.15, 0.2) is 0 Å². The number of imide groups is 1. The topological polar surface area (TPSA) is 70.7 Å². The van der Waals surface area contributed by atoms with Gasteiger partial charge in [0, 0.05) is 19.1 Å². The number of ether oxygens (including phenoxy) is 1. The first-order valence-corrected chi connectivity index (χ1v) is 6.64. The van der Waals surface area contributed by atoms with Crippen LogP contribution in [0.1, 0.15) is 25.7 Å². The number of nitrogens with zero attached hydrogens (tertiary/aromatic N) is 1. The van der Waals surface area contributed by atoms with E-state index in [9.17, 15) is 9.59 Å². The van der Waals surface area contributed by atoms with Gasteiger partial charge in [-0.1, -0.05) is 12.8 Å². The predicted molar refractivity (Wildman–Crippen MR) is 66.2 cm³/mol. The highest BCUT2D eigenvalue weighted by atomic mass is 16.5. The molecule has 1 saturated heterocycles. The number of amides is 3. The highest BCUT2D eigenvalue weighted by Gasteiger charge is 2.19. The third-order valence-electron chi connectivity index (χ3n) is 3.41. The Labute approximate surface area is 107 Å². The molecule has 0 aromatic carbocycles.